The summed E-state index contributed by atoms with van der Waals surface area (Å²) in [4.78, 5) is 13.9. The number of nitrogens with zero attached hydrogens (tertiary/aromatic N) is 1. The SMILES string of the molecule is O=C(CNc1ccccc1F)N1CCCCCC1. The number of anilines is 1. The van der Waals surface area contributed by atoms with E-state index in [-0.39, 0.29) is 18.3 Å². The highest BCUT2D eigenvalue weighted by molar-refractivity contribution is 5.80. The van der Waals surface area contributed by atoms with Crippen LogP contribution in [0.4, 0.5) is 10.1 Å². The zero-order valence-electron chi connectivity index (χ0n) is 10.5. The summed E-state index contributed by atoms with van der Waals surface area (Å²) in [6, 6.07) is 6.42. The molecule has 1 heterocycles. The van der Waals surface area contributed by atoms with Gasteiger partial charge in [0.2, 0.25) is 5.91 Å². The monoisotopic (exact) mass is 250 g/mol. The van der Waals surface area contributed by atoms with Crippen molar-refractivity contribution < 1.29 is 9.18 Å². The average molecular weight is 250 g/mol. The van der Waals surface area contributed by atoms with E-state index in [4.69, 9.17) is 0 Å². The predicted octanol–water partition coefficient (Wildman–Crippen LogP) is 2.64. The van der Waals surface area contributed by atoms with Gasteiger partial charge in [-0.25, -0.2) is 4.39 Å². The summed E-state index contributed by atoms with van der Waals surface area (Å²) in [6.45, 7) is 1.83. The fraction of sp³-hybridized carbons (Fsp3) is 0.500. The Morgan fingerprint density at radius 1 is 1.17 bits per heavy atom. The molecule has 2 rings (SSSR count). The molecule has 0 bridgehead atoms. The van der Waals surface area contributed by atoms with Crippen molar-refractivity contribution in [1.82, 2.24) is 4.90 Å². The first-order chi connectivity index (χ1) is 8.77. The standard InChI is InChI=1S/C14H19FN2O/c15-12-7-3-4-8-13(12)16-11-14(18)17-9-5-1-2-6-10-17/h3-4,7-8,16H,1-2,5-6,9-11H2. The fourth-order valence-corrected chi connectivity index (χ4v) is 2.21. The Labute approximate surface area is 107 Å². The predicted molar refractivity (Wildman–Crippen MR) is 69.9 cm³/mol. The van der Waals surface area contributed by atoms with Gasteiger partial charge < -0.3 is 10.2 Å². The second kappa shape index (κ2) is 6.38. The smallest absolute Gasteiger partial charge is 0.241 e. The van der Waals surface area contributed by atoms with Crippen molar-refractivity contribution in [3.63, 3.8) is 0 Å². The van der Waals surface area contributed by atoms with Gasteiger partial charge in [-0.1, -0.05) is 25.0 Å². The number of hydrogen-bond donors (Lipinski definition) is 1. The van der Waals surface area contributed by atoms with Crippen molar-refractivity contribution in [2.24, 2.45) is 0 Å². The minimum atomic E-state index is -0.318. The van der Waals surface area contributed by atoms with E-state index in [2.05, 4.69) is 5.32 Å². The van der Waals surface area contributed by atoms with Crippen LogP contribution in [0.5, 0.6) is 0 Å². The number of carbonyl (C=O) groups excluding carboxylic acids is 1. The van der Waals surface area contributed by atoms with E-state index in [0.717, 1.165) is 25.9 Å². The van der Waals surface area contributed by atoms with Gasteiger partial charge in [0.15, 0.2) is 0 Å². The van der Waals surface area contributed by atoms with E-state index in [9.17, 15) is 9.18 Å². The molecule has 98 valence electrons. The molecular formula is C14H19FN2O. The van der Waals surface area contributed by atoms with E-state index < -0.39 is 0 Å². The van der Waals surface area contributed by atoms with Crippen LogP contribution in [0.2, 0.25) is 0 Å². The van der Waals surface area contributed by atoms with Crippen LogP contribution >= 0.6 is 0 Å². The molecule has 0 spiro atoms. The number of nitrogens with one attached hydrogen (secondary N) is 1. The molecule has 0 atom stereocenters. The lowest BCUT2D eigenvalue weighted by molar-refractivity contribution is -0.129. The molecule has 1 aliphatic heterocycles. The Morgan fingerprint density at radius 3 is 2.50 bits per heavy atom. The largest absolute Gasteiger partial charge is 0.374 e. The Hall–Kier alpha value is -1.58. The topological polar surface area (TPSA) is 32.3 Å². The van der Waals surface area contributed by atoms with Crippen molar-refractivity contribution in [3.8, 4) is 0 Å². The van der Waals surface area contributed by atoms with Gasteiger partial charge in [-0.05, 0) is 25.0 Å². The molecule has 0 saturated carbocycles. The number of para-hydroxylation sites is 1. The third-order valence-corrected chi connectivity index (χ3v) is 3.26. The number of rotatable bonds is 3. The van der Waals surface area contributed by atoms with Crippen LogP contribution < -0.4 is 5.32 Å². The van der Waals surface area contributed by atoms with Gasteiger partial charge in [0, 0.05) is 13.1 Å². The quantitative estimate of drug-likeness (QED) is 0.894. The summed E-state index contributed by atoms with van der Waals surface area (Å²) in [5.74, 6) is -0.263. The van der Waals surface area contributed by atoms with Crippen LogP contribution in [-0.2, 0) is 4.79 Å². The number of halogens is 1. The number of hydrogen-bond acceptors (Lipinski definition) is 2. The number of benzene rings is 1. The summed E-state index contributed by atoms with van der Waals surface area (Å²) in [5, 5.41) is 2.86. The highest BCUT2D eigenvalue weighted by atomic mass is 19.1. The van der Waals surface area contributed by atoms with Gasteiger partial charge in [-0.3, -0.25) is 4.79 Å². The first-order valence-corrected chi connectivity index (χ1v) is 6.53. The molecular weight excluding hydrogens is 231 g/mol. The van der Waals surface area contributed by atoms with Crippen molar-refractivity contribution in [2.75, 3.05) is 25.0 Å². The van der Waals surface area contributed by atoms with Crippen molar-refractivity contribution >= 4 is 11.6 Å². The third-order valence-electron chi connectivity index (χ3n) is 3.26. The highest BCUT2D eigenvalue weighted by Crippen LogP contribution is 2.13. The minimum absolute atomic E-state index is 0.0557. The van der Waals surface area contributed by atoms with E-state index >= 15 is 0 Å². The van der Waals surface area contributed by atoms with Crippen LogP contribution in [-0.4, -0.2) is 30.4 Å². The Bertz CT molecular complexity index is 401. The fourth-order valence-electron chi connectivity index (χ4n) is 2.21. The Kier molecular flexibility index (Phi) is 4.56. The van der Waals surface area contributed by atoms with Gasteiger partial charge in [0.1, 0.15) is 5.82 Å². The van der Waals surface area contributed by atoms with Crippen LogP contribution in [0.1, 0.15) is 25.7 Å². The van der Waals surface area contributed by atoms with Gasteiger partial charge in [-0.2, -0.15) is 0 Å². The van der Waals surface area contributed by atoms with Crippen molar-refractivity contribution in [2.45, 2.75) is 25.7 Å². The molecule has 4 heteroatoms. The first-order valence-electron chi connectivity index (χ1n) is 6.53. The normalized spacial score (nSPS) is 16.2. The molecule has 0 aliphatic carbocycles. The molecule has 3 nitrogen and oxygen atoms in total. The zero-order chi connectivity index (χ0) is 12.8. The molecule has 1 fully saturated rings. The van der Waals surface area contributed by atoms with Crippen LogP contribution in [0.3, 0.4) is 0 Å². The number of likely N-dealkylation sites (tertiary alicyclic amines) is 1. The summed E-state index contributed by atoms with van der Waals surface area (Å²) in [7, 11) is 0. The molecule has 18 heavy (non-hydrogen) atoms. The van der Waals surface area contributed by atoms with E-state index in [1.54, 1.807) is 18.2 Å². The Morgan fingerprint density at radius 2 is 1.83 bits per heavy atom. The zero-order valence-corrected chi connectivity index (χ0v) is 10.5. The molecule has 0 unspecified atom stereocenters. The number of amides is 1. The van der Waals surface area contributed by atoms with Gasteiger partial charge in [0.25, 0.3) is 0 Å². The second-order valence-electron chi connectivity index (χ2n) is 4.63. The van der Waals surface area contributed by atoms with Gasteiger partial charge in [-0.15, -0.1) is 0 Å². The molecule has 1 aliphatic rings. The summed E-state index contributed by atoms with van der Waals surface area (Å²) in [5.41, 5.74) is 0.390. The minimum Gasteiger partial charge on any atom is -0.374 e. The van der Waals surface area contributed by atoms with Gasteiger partial charge in [0.05, 0.1) is 12.2 Å². The Balaban J connectivity index is 1.86. The average Bonchev–Trinajstić information content (AvgIpc) is 2.66. The highest BCUT2D eigenvalue weighted by Gasteiger charge is 2.15. The second-order valence-corrected chi connectivity index (χ2v) is 4.63. The molecule has 0 aromatic heterocycles. The van der Waals surface area contributed by atoms with E-state index in [0.29, 0.717) is 5.69 Å². The van der Waals surface area contributed by atoms with Crippen LogP contribution in [0.15, 0.2) is 24.3 Å². The maximum atomic E-state index is 13.4. The first kappa shape index (κ1) is 12.9. The lowest BCUT2D eigenvalue weighted by Crippen LogP contribution is -2.36. The molecule has 1 aromatic carbocycles. The van der Waals surface area contributed by atoms with E-state index in [1.807, 2.05) is 4.90 Å². The number of carbonyl (C=O) groups is 1. The van der Waals surface area contributed by atoms with Crippen molar-refractivity contribution in [1.29, 1.82) is 0 Å². The lowest BCUT2D eigenvalue weighted by atomic mass is 10.2. The summed E-state index contributed by atoms with van der Waals surface area (Å²) in [6.07, 6.45) is 4.55. The lowest BCUT2D eigenvalue weighted by Gasteiger charge is -2.20. The molecule has 1 aromatic rings. The van der Waals surface area contributed by atoms with Crippen LogP contribution in [0, 0.1) is 5.82 Å². The summed E-state index contributed by atoms with van der Waals surface area (Å²) < 4.78 is 13.4. The summed E-state index contributed by atoms with van der Waals surface area (Å²) >= 11 is 0. The molecule has 1 N–H and O–H groups in total. The third kappa shape index (κ3) is 3.45. The van der Waals surface area contributed by atoms with Gasteiger partial charge >= 0.3 is 0 Å². The maximum Gasteiger partial charge on any atom is 0.241 e. The maximum absolute atomic E-state index is 13.4. The van der Waals surface area contributed by atoms with E-state index in [1.165, 1.54) is 18.9 Å². The molecule has 1 saturated heterocycles. The van der Waals surface area contributed by atoms with Crippen molar-refractivity contribution in [3.05, 3.63) is 30.1 Å². The molecule has 0 radical (unpaired) electrons. The van der Waals surface area contributed by atoms with Crippen LogP contribution in [0.25, 0.3) is 0 Å². The molecule has 1 amide bonds.